The highest BCUT2D eigenvalue weighted by molar-refractivity contribution is 5.35. The highest BCUT2D eigenvalue weighted by Crippen LogP contribution is 2.26. The first-order valence-electron chi connectivity index (χ1n) is 7.74. The Bertz CT molecular complexity index is 603. The first kappa shape index (κ1) is 14.3. The second-order valence-electron chi connectivity index (χ2n) is 5.82. The molecule has 0 amide bonds. The summed E-state index contributed by atoms with van der Waals surface area (Å²) >= 11 is 0. The molecule has 1 atom stereocenters. The number of aryl methyl sites for hydroxylation is 1. The summed E-state index contributed by atoms with van der Waals surface area (Å²) in [6.07, 6.45) is 1.02. The maximum absolute atomic E-state index is 5.52. The normalized spacial score (nSPS) is 15.0. The van der Waals surface area contributed by atoms with Gasteiger partial charge in [-0.05, 0) is 42.1 Å². The van der Waals surface area contributed by atoms with Crippen LogP contribution in [-0.4, -0.2) is 6.54 Å². The van der Waals surface area contributed by atoms with Crippen molar-refractivity contribution in [2.24, 2.45) is 0 Å². The fourth-order valence-electron chi connectivity index (χ4n) is 2.92. The van der Waals surface area contributed by atoms with Crippen molar-refractivity contribution >= 4 is 0 Å². The zero-order valence-corrected chi connectivity index (χ0v) is 12.9. The molecular formula is C19H23NO. The van der Waals surface area contributed by atoms with Gasteiger partial charge in [-0.25, -0.2) is 0 Å². The van der Waals surface area contributed by atoms with Gasteiger partial charge in [0.05, 0.1) is 13.2 Å². The van der Waals surface area contributed by atoms with Gasteiger partial charge in [0, 0.05) is 6.04 Å². The van der Waals surface area contributed by atoms with Crippen LogP contribution in [0, 0.1) is 6.92 Å². The summed E-state index contributed by atoms with van der Waals surface area (Å²) < 4.78 is 5.52. The Hall–Kier alpha value is -1.64. The summed E-state index contributed by atoms with van der Waals surface area (Å²) in [4.78, 5) is 0. The standard InChI is InChI=1S/C19H23NO/c1-3-20-19(10-15-6-4-14(2)5-7-15)16-8-9-17-12-21-13-18(17)11-16/h4-9,11,19-20H,3,10,12-13H2,1-2H3. The smallest absolute Gasteiger partial charge is 0.0725 e. The number of nitrogens with one attached hydrogen (secondary N) is 1. The number of fused-ring (bicyclic) bond motifs is 1. The zero-order chi connectivity index (χ0) is 14.7. The molecule has 1 N–H and O–H groups in total. The van der Waals surface area contributed by atoms with Crippen LogP contribution in [0.4, 0.5) is 0 Å². The van der Waals surface area contributed by atoms with Crippen molar-refractivity contribution in [3.05, 3.63) is 70.3 Å². The Morgan fingerprint density at radius 3 is 2.57 bits per heavy atom. The van der Waals surface area contributed by atoms with Crippen LogP contribution in [0.15, 0.2) is 42.5 Å². The Labute approximate surface area is 127 Å². The number of benzene rings is 2. The molecule has 1 aliphatic heterocycles. The molecule has 2 nitrogen and oxygen atoms in total. The predicted molar refractivity (Wildman–Crippen MR) is 86.2 cm³/mol. The second-order valence-corrected chi connectivity index (χ2v) is 5.82. The maximum Gasteiger partial charge on any atom is 0.0725 e. The Balaban J connectivity index is 1.82. The SMILES string of the molecule is CCNC(Cc1ccc(C)cc1)c1ccc2c(c1)COC2. The average molecular weight is 281 g/mol. The molecule has 1 unspecified atom stereocenters. The summed E-state index contributed by atoms with van der Waals surface area (Å²) in [6.45, 7) is 6.79. The third kappa shape index (κ3) is 3.34. The van der Waals surface area contributed by atoms with Gasteiger partial charge in [-0.3, -0.25) is 0 Å². The summed E-state index contributed by atoms with van der Waals surface area (Å²) in [5.74, 6) is 0. The van der Waals surface area contributed by atoms with Crippen molar-refractivity contribution in [3.8, 4) is 0 Å². The van der Waals surface area contributed by atoms with Gasteiger partial charge in [-0.15, -0.1) is 0 Å². The zero-order valence-electron chi connectivity index (χ0n) is 12.9. The quantitative estimate of drug-likeness (QED) is 0.897. The van der Waals surface area contributed by atoms with Crippen molar-refractivity contribution in [1.29, 1.82) is 0 Å². The van der Waals surface area contributed by atoms with Crippen LogP contribution in [0.1, 0.15) is 40.8 Å². The number of hydrogen-bond donors (Lipinski definition) is 1. The molecule has 0 saturated carbocycles. The predicted octanol–water partition coefficient (Wildman–Crippen LogP) is 3.92. The minimum absolute atomic E-state index is 0.364. The maximum atomic E-state index is 5.52. The van der Waals surface area contributed by atoms with Crippen molar-refractivity contribution in [2.75, 3.05) is 6.54 Å². The monoisotopic (exact) mass is 281 g/mol. The van der Waals surface area contributed by atoms with E-state index in [0.717, 1.165) is 26.2 Å². The molecular weight excluding hydrogens is 258 g/mol. The third-order valence-electron chi connectivity index (χ3n) is 4.16. The molecule has 0 saturated heterocycles. The van der Waals surface area contributed by atoms with Gasteiger partial charge in [-0.2, -0.15) is 0 Å². The van der Waals surface area contributed by atoms with Gasteiger partial charge in [0.25, 0.3) is 0 Å². The lowest BCUT2D eigenvalue weighted by molar-refractivity contribution is 0.134. The Morgan fingerprint density at radius 2 is 1.81 bits per heavy atom. The molecule has 0 aromatic heterocycles. The van der Waals surface area contributed by atoms with Gasteiger partial charge < -0.3 is 10.1 Å². The minimum atomic E-state index is 0.364. The molecule has 2 heteroatoms. The number of ether oxygens (including phenoxy) is 1. The van der Waals surface area contributed by atoms with Crippen molar-refractivity contribution in [2.45, 2.75) is 39.5 Å². The molecule has 110 valence electrons. The number of rotatable bonds is 5. The summed E-state index contributed by atoms with van der Waals surface area (Å²) in [7, 11) is 0. The molecule has 0 aliphatic carbocycles. The molecule has 21 heavy (non-hydrogen) atoms. The van der Waals surface area contributed by atoms with Gasteiger partial charge in [-0.1, -0.05) is 55.0 Å². The van der Waals surface area contributed by atoms with Gasteiger partial charge in [0.2, 0.25) is 0 Å². The van der Waals surface area contributed by atoms with E-state index >= 15 is 0 Å². The molecule has 0 fully saturated rings. The van der Waals surface area contributed by atoms with Crippen LogP contribution in [0.5, 0.6) is 0 Å². The molecule has 2 aromatic carbocycles. The highest BCUT2D eigenvalue weighted by atomic mass is 16.5. The van der Waals surface area contributed by atoms with Crippen LogP contribution < -0.4 is 5.32 Å². The fraction of sp³-hybridized carbons (Fsp3) is 0.368. The summed E-state index contributed by atoms with van der Waals surface area (Å²) in [5.41, 5.74) is 6.74. The Kier molecular flexibility index (Phi) is 4.37. The van der Waals surface area contributed by atoms with Crippen LogP contribution in [0.25, 0.3) is 0 Å². The molecule has 0 bridgehead atoms. The minimum Gasteiger partial charge on any atom is -0.372 e. The van der Waals surface area contributed by atoms with E-state index in [2.05, 4.69) is 61.6 Å². The Morgan fingerprint density at radius 1 is 1.05 bits per heavy atom. The molecule has 1 aliphatic rings. The van der Waals surface area contributed by atoms with Crippen LogP contribution in [0.2, 0.25) is 0 Å². The van der Waals surface area contributed by atoms with E-state index in [4.69, 9.17) is 4.74 Å². The van der Waals surface area contributed by atoms with Gasteiger partial charge in [0.1, 0.15) is 0 Å². The lowest BCUT2D eigenvalue weighted by Gasteiger charge is -2.19. The average Bonchev–Trinajstić information content (AvgIpc) is 2.96. The topological polar surface area (TPSA) is 21.3 Å². The van der Waals surface area contributed by atoms with Crippen molar-refractivity contribution in [3.63, 3.8) is 0 Å². The van der Waals surface area contributed by atoms with Gasteiger partial charge >= 0.3 is 0 Å². The molecule has 1 heterocycles. The van der Waals surface area contributed by atoms with E-state index in [9.17, 15) is 0 Å². The lowest BCUT2D eigenvalue weighted by atomic mass is 9.95. The largest absolute Gasteiger partial charge is 0.372 e. The van der Waals surface area contributed by atoms with E-state index in [1.165, 1.54) is 27.8 Å². The van der Waals surface area contributed by atoms with E-state index in [0.29, 0.717) is 6.04 Å². The van der Waals surface area contributed by atoms with Crippen LogP contribution in [0.3, 0.4) is 0 Å². The molecule has 0 spiro atoms. The van der Waals surface area contributed by atoms with Crippen molar-refractivity contribution in [1.82, 2.24) is 5.32 Å². The molecule has 0 radical (unpaired) electrons. The van der Waals surface area contributed by atoms with Crippen LogP contribution >= 0.6 is 0 Å². The van der Waals surface area contributed by atoms with E-state index < -0.39 is 0 Å². The first-order chi connectivity index (χ1) is 10.3. The molecule has 3 rings (SSSR count). The van der Waals surface area contributed by atoms with E-state index in [1.54, 1.807) is 0 Å². The second kappa shape index (κ2) is 6.42. The van der Waals surface area contributed by atoms with Crippen LogP contribution in [-0.2, 0) is 24.4 Å². The van der Waals surface area contributed by atoms with Gasteiger partial charge in [0.15, 0.2) is 0 Å². The number of likely N-dealkylation sites (N-methyl/N-ethyl adjacent to an activating group) is 1. The highest BCUT2D eigenvalue weighted by Gasteiger charge is 2.16. The number of hydrogen-bond acceptors (Lipinski definition) is 2. The lowest BCUT2D eigenvalue weighted by Crippen LogP contribution is -2.23. The summed E-state index contributed by atoms with van der Waals surface area (Å²) in [5, 5.41) is 3.61. The molecule has 2 aromatic rings. The summed E-state index contributed by atoms with van der Waals surface area (Å²) in [6, 6.07) is 16.0. The third-order valence-corrected chi connectivity index (χ3v) is 4.16. The van der Waals surface area contributed by atoms with Crippen molar-refractivity contribution < 1.29 is 4.74 Å². The van der Waals surface area contributed by atoms with E-state index in [1.807, 2.05) is 0 Å². The fourth-order valence-corrected chi connectivity index (χ4v) is 2.92. The van der Waals surface area contributed by atoms with E-state index in [-0.39, 0.29) is 0 Å². The first-order valence-corrected chi connectivity index (χ1v) is 7.74.